The summed E-state index contributed by atoms with van der Waals surface area (Å²) in [5.41, 5.74) is -0.187. The number of rotatable bonds is 21. The smallest absolute Gasteiger partial charge is 0.329 e. The molecule has 10 nitrogen and oxygen atoms in total. The van der Waals surface area contributed by atoms with Crippen LogP contribution >= 0.6 is 0 Å². The average Bonchev–Trinajstić information content (AvgIpc) is 3.58. The molecule has 0 spiro atoms. The van der Waals surface area contributed by atoms with E-state index in [4.69, 9.17) is 14.9 Å². The summed E-state index contributed by atoms with van der Waals surface area (Å²) in [6, 6.07) is 14.7. The lowest BCUT2D eigenvalue weighted by Gasteiger charge is -2.48. The molecule has 302 valence electrons. The Morgan fingerprint density at radius 2 is 1.52 bits per heavy atom. The summed E-state index contributed by atoms with van der Waals surface area (Å²) in [5, 5.41) is 20.4. The first-order chi connectivity index (χ1) is 25.5. The molecule has 3 rings (SSSR count). The predicted molar refractivity (Wildman–Crippen MR) is 215 cm³/mol. The molecular formula is C44H69N3O7. The number of nitrogens with one attached hydrogen (secondary N) is 1. The van der Waals surface area contributed by atoms with Crippen molar-refractivity contribution >= 4 is 23.4 Å². The van der Waals surface area contributed by atoms with Gasteiger partial charge in [-0.05, 0) is 94.8 Å². The zero-order chi connectivity index (χ0) is 40.6. The first kappa shape index (κ1) is 46.7. The van der Waals surface area contributed by atoms with E-state index in [1.165, 1.54) is 0 Å². The number of aliphatic hydroxyl groups is 2. The van der Waals surface area contributed by atoms with Crippen molar-refractivity contribution in [2.24, 2.45) is 23.2 Å². The van der Waals surface area contributed by atoms with Gasteiger partial charge < -0.3 is 25.2 Å². The zero-order valence-electron chi connectivity index (χ0n) is 34.7. The molecule has 2 aromatic rings. The Morgan fingerprint density at radius 3 is 1.94 bits per heavy atom. The Kier molecular flexibility index (Phi) is 19.2. The monoisotopic (exact) mass is 752 g/mol. The number of aliphatic hydroxyl groups excluding tert-OH is 1. The van der Waals surface area contributed by atoms with Gasteiger partial charge in [-0.2, -0.15) is 0 Å². The minimum absolute atomic E-state index is 0.0242. The van der Waals surface area contributed by atoms with Gasteiger partial charge in [-0.25, -0.2) is 4.79 Å². The number of carbonyl (C=O) groups excluding carboxylic acids is 4. The number of hydrogen-bond donors (Lipinski definition) is 3. The maximum atomic E-state index is 14.3. The van der Waals surface area contributed by atoms with Crippen molar-refractivity contribution in [3.8, 4) is 5.75 Å². The summed E-state index contributed by atoms with van der Waals surface area (Å²) in [6.45, 7) is 22.6. The molecular weight excluding hydrogens is 682 g/mol. The van der Waals surface area contributed by atoms with Crippen LogP contribution in [0.3, 0.4) is 0 Å². The highest BCUT2D eigenvalue weighted by molar-refractivity contribution is 6.09. The van der Waals surface area contributed by atoms with E-state index >= 15 is 0 Å². The number of ether oxygens (including phenoxy) is 1. The first-order valence-corrected chi connectivity index (χ1v) is 20.1. The Hall–Kier alpha value is -3.44. The van der Waals surface area contributed by atoms with Crippen molar-refractivity contribution < 1.29 is 34.1 Å². The van der Waals surface area contributed by atoms with E-state index in [-0.39, 0.29) is 42.1 Å². The summed E-state index contributed by atoms with van der Waals surface area (Å²) in [7, 11) is 0. The van der Waals surface area contributed by atoms with Crippen molar-refractivity contribution in [1.82, 2.24) is 15.1 Å². The van der Waals surface area contributed by atoms with E-state index in [2.05, 4.69) is 44.8 Å². The fourth-order valence-corrected chi connectivity index (χ4v) is 7.69. The van der Waals surface area contributed by atoms with Gasteiger partial charge >= 0.3 is 5.97 Å². The van der Waals surface area contributed by atoms with Gasteiger partial charge in [0.2, 0.25) is 5.91 Å². The van der Waals surface area contributed by atoms with Gasteiger partial charge in [0, 0.05) is 42.5 Å². The molecule has 1 heterocycles. The van der Waals surface area contributed by atoms with E-state index in [0.29, 0.717) is 42.7 Å². The molecule has 0 aliphatic carbocycles. The zero-order valence-corrected chi connectivity index (χ0v) is 34.7. The molecule has 1 fully saturated rings. The maximum absolute atomic E-state index is 14.3. The average molecular weight is 752 g/mol. The molecule has 3 N–H and O–H groups in total. The number of ketones is 2. The highest BCUT2D eigenvalue weighted by atomic mass is 16.5. The van der Waals surface area contributed by atoms with Crippen molar-refractivity contribution in [3.63, 3.8) is 0 Å². The van der Waals surface area contributed by atoms with Crippen LogP contribution in [0.15, 0.2) is 54.6 Å². The normalized spacial score (nSPS) is 16.6. The van der Waals surface area contributed by atoms with Gasteiger partial charge in [-0.15, -0.1) is 0 Å². The second kappa shape index (κ2) is 22.2. The molecule has 0 aromatic heterocycles. The lowest BCUT2D eigenvalue weighted by molar-refractivity contribution is -0.148. The Balaban J connectivity index is 0.00000131. The maximum Gasteiger partial charge on any atom is 0.329 e. The lowest BCUT2D eigenvalue weighted by Crippen LogP contribution is -2.57. The molecule has 1 amide bonds. The van der Waals surface area contributed by atoms with Gasteiger partial charge in [-0.1, -0.05) is 92.1 Å². The molecule has 1 saturated heterocycles. The van der Waals surface area contributed by atoms with E-state index in [9.17, 15) is 19.2 Å². The Morgan fingerprint density at radius 1 is 0.926 bits per heavy atom. The Bertz CT molecular complexity index is 1450. The van der Waals surface area contributed by atoms with Gasteiger partial charge in [0.1, 0.15) is 17.6 Å². The van der Waals surface area contributed by atoms with Crippen LogP contribution in [0.25, 0.3) is 0 Å². The summed E-state index contributed by atoms with van der Waals surface area (Å²) in [5.74, 6) is -0.993. The van der Waals surface area contributed by atoms with E-state index in [0.717, 1.165) is 38.9 Å². The minimum atomic E-state index is -0.875. The van der Waals surface area contributed by atoms with Crippen molar-refractivity contribution in [3.05, 3.63) is 65.7 Å². The molecule has 0 radical (unpaired) electrons. The fraction of sp³-hybridized carbons (Fsp3) is 0.636. The highest BCUT2D eigenvalue weighted by Gasteiger charge is 2.51. The third kappa shape index (κ3) is 12.8. The summed E-state index contributed by atoms with van der Waals surface area (Å²) in [4.78, 5) is 58.7. The van der Waals surface area contributed by atoms with Crippen LogP contribution in [-0.2, 0) is 14.4 Å². The predicted octanol–water partition coefficient (Wildman–Crippen LogP) is 6.91. The number of benzene rings is 2. The number of carbonyl (C=O) groups is 4. The molecule has 54 heavy (non-hydrogen) atoms. The third-order valence-corrected chi connectivity index (χ3v) is 11.1. The molecule has 1 aliphatic rings. The van der Waals surface area contributed by atoms with Crippen LogP contribution < -0.4 is 10.1 Å². The van der Waals surface area contributed by atoms with Crippen LogP contribution in [0, 0.1) is 23.2 Å². The van der Waals surface area contributed by atoms with Gasteiger partial charge in [-0.3, -0.25) is 19.3 Å². The number of hydrogen-bond acceptors (Lipinski definition) is 9. The summed E-state index contributed by atoms with van der Waals surface area (Å²) >= 11 is 0. The number of nitrogens with zero attached hydrogens (tertiary/aromatic N) is 2. The fourth-order valence-electron chi connectivity index (χ4n) is 7.69. The molecule has 5 unspecified atom stereocenters. The van der Waals surface area contributed by atoms with E-state index in [1.807, 2.05) is 43.9 Å². The summed E-state index contributed by atoms with van der Waals surface area (Å²) < 4.78 is 5.96. The van der Waals surface area contributed by atoms with Gasteiger partial charge in [0.15, 0.2) is 5.78 Å². The Labute approximate surface area is 325 Å². The van der Waals surface area contributed by atoms with Gasteiger partial charge in [0.05, 0.1) is 11.8 Å². The number of likely N-dealkylation sites (tertiary alicyclic amines) is 1. The molecule has 2 aromatic carbocycles. The van der Waals surface area contributed by atoms with Crippen LogP contribution in [0.2, 0.25) is 0 Å². The second-order valence-corrected chi connectivity index (χ2v) is 15.6. The first-order valence-electron chi connectivity index (χ1n) is 20.1. The van der Waals surface area contributed by atoms with Crippen molar-refractivity contribution in [2.45, 2.75) is 126 Å². The van der Waals surface area contributed by atoms with Crippen molar-refractivity contribution in [2.75, 3.05) is 32.8 Å². The summed E-state index contributed by atoms with van der Waals surface area (Å²) in [6.07, 6.45) is 4.03. The topological polar surface area (TPSA) is 136 Å². The highest BCUT2D eigenvalue weighted by Crippen LogP contribution is 2.47. The molecule has 1 aliphatic heterocycles. The SMILES string of the molecule is CC(C)(O)CCO.CCNC(C(=O)Oc1ccc(C(=O)c2ccccc2)cc1)C(C(=O)C(C)C)C(C)(CC)C(CC)CC(N(CC)CC)N1CCCC1=O. The quantitative estimate of drug-likeness (QED) is 0.0707. The van der Waals surface area contributed by atoms with Crippen LogP contribution in [0.1, 0.15) is 124 Å². The molecule has 0 bridgehead atoms. The van der Waals surface area contributed by atoms with E-state index < -0.39 is 28.9 Å². The van der Waals surface area contributed by atoms with E-state index in [1.54, 1.807) is 50.2 Å². The van der Waals surface area contributed by atoms with Crippen molar-refractivity contribution in [1.29, 1.82) is 0 Å². The largest absolute Gasteiger partial charge is 0.425 e. The van der Waals surface area contributed by atoms with Crippen LogP contribution in [-0.4, -0.2) is 94.1 Å². The second-order valence-electron chi connectivity index (χ2n) is 15.6. The number of amides is 1. The van der Waals surface area contributed by atoms with Crippen LogP contribution in [0.4, 0.5) is 0 Å². The number of likely N-dealkylation sites (N-methyl/N-ethyl adjacent to an activating group) is 1. The molecule has 10 heteroatoms. The van der Waals surface area contributed by atoms with Crippen LogP contribution in [0.5, 0.6) is 5.75 Å². The van der Waals surface area contributed by atoms with Gasteiger partial charge in [0.25, 0.3) is 0 Å². The standard InChI is InChI=1S/C39H57N3O5.C5H12O2/c1-9-30(26-32(41(12-4)13-5)42-25-17-20-33(42)43)39(8,10-2)34(36(44)27(6)7)35(40-11-3)38(46)47-31-23-21-29(22-24-31)37(45)28-18-15-14-16-19-28;1-5(2,7)3-4-6/h14-16,18-19,21-24,27,30,32,34-35,40H,9-13,17,20,25-26H2,1-8H3;6-7H,3-4H2,1-2H3. The third-order valence-electron chi connectivity index (χ3n) is 11.1. The number of Topliss-reactive ketones (excluding diaryl/α,β-unsaturated/α-hetero) is 1. The minimum Gasteiger partial charge on any atom is -0.425 e. The number of esters is 1. The molecule has 0 saturated carbocycles. The lowest BCUT2D eigenvalue weighted by atomic mass is 9.59. The molecule has 5 atom stereocenters.